The zero-order valence-corrected chi connectivity index (χ0v) is 6.19. The number of nitrogens with zero attached hydrogens (tertiary/aromatic N) is 2. The Kier molecular flexibility index (Phi) is 1.36. The summed E-state index contributed by atoms with van der Waals surface area (Å²) < 4.78 is 0. The lowest BCUT2D eigenvalue weighted by Crippen LogP contribution is -2.26. The highest BCUT2D eigenvalue weighted by atomic mass is 16.4. The van der Waals surface area contributed by atoms with Gasteiger partial charge in [0.05, 0.1) is 5.57 Å². The molecule has 5 heteroatoms. The number of aliphatic carboxylic acids is 1. The number of fused-ring (bicyclic) bond motifs is 1. The maximum Gasteiger partial charge on any atom is 0.337 e. The van der Waals surface area contributed by atoms with Crippen molar-refractivity contribution in [1.82, 2.24) is 10.3 Å². The summed E-state index contributed by atoms with van der Waals surface area (Å²) in [6, 6.07) is 0. The van der Waals surface area contributed by atoms with Gasteiger partial charge in [0.1, 0.15) is 6.67 Å². The molecule has 0 aromatic rings. The summed E-state index contributed by atoms with van der Waals surface area (Å²) in [5.41, 5.74) is 3.02. The second-order valence-corrected chi connectivity index (χ2v) is 2.48. The van der Waals surface area contributed by atoms with E-state index < -0.39 is 5.97 Å². The quantitative estimate of drug-likeness (QED) is 0.560. The summed E-state index contributed by atoms with van der Waals surface area (Å²) >= 11 is 0. The van der Waals surface area contributed by atoms with Crippen LogP contribution in [0, 0.1) is 0 Å². The molecule has 62 valence electrons. The van der Waals surface area contributed by atoms with E-state index in [9.17, 15) is 4.79 Å². The minimum absolute atomic E-state index is 0.276. The zero-order valence-electron chi connectivity index (χ0n) is 6.19. The lowest BCUT2D eigenvalue weighted by atomic mass is 10.2. The van der Waals surface area contributed by atoms with Crippen molar-refractivity contribution in [1.29, 1.82) is 0 Å². The van der Waals surface area contributed by atoms with Crippen LogP contribution in [0.1, 0.15) is 0 Å². The van der Waals surface area contributed by atoms with Gasteiger partial charge in [0.25, 0.3) is 0 Å². The van der Waals surface area contributed by atoms with Crippen molar-refractivity contribution >= 4 is 11.8 Å². The Morgan fingerprint density at radius 2 is 2.50 bits per heavy atom. The molecule has 2 N–H and O–H groups in total. The minimum Gasteiger partial charge on any atom is -0.478 e. The molecule has 2 aliphatic heterocycles. The van der Waals surface area contributed by atoms with E-state index in [2.05, 4.69) is 10.5 Å². The van der Waals surface area contributed by atoms with Gasteiger partial charge >= 0.3 is 5.97 Å². The van der Waals surface area contributed by atoms with E-state index in [0.29, 0.717) is 6.67 Å². The zero-order chi connectivity index (χ0) is 8.55. The smallest absolute Gasteiger partial charge is 0.337 e. The predicted molar refractivity (Wildman–Crippen MR) is 42.1 cm³/mol. The van der Waals surface area contributed by atoms with E-state index in [1.54, 1.807) is 17.2 Å². The largest absolute Gasteiger partial charge is 0.478 e. The van der Waals surface area contributed by atoms with Crippen molar-refractivity contribution in [3.63, 3.8) is 0 Å². The number of amidine groups is 1. The lowest BCUT2D eigenvalue weighted by molar-refractivity contribution is -0.132. The minimum atomic E-state index is -0.919. The number of rotatable bonds is 1. The highest BCUT2D eigenvalue weighted by Crippen LogP contribution is 2.11. The Morgan fingerprint density at radius 1 is 1.67 bits per heavy atom. The molecule has 0 unspecified atom stereocenters. The van der Waals surface area contributed by atoms with E-state index in [-0.39, 0.29) is 5.57 Å². The molecule has 0 amide bonds. The van der Waals surface area contributed by atoms with Crippen LogP contribution in [-0.4, -0.2) is 28.5 Å². The van der Waals surface area contributed by atoms with Gasteiger partial charge in [-0.3, -0.25) is 5.43 Å². The standard InChI is InChI=1S/C7H7N3O2/c11-7(12)5-1-2-6-9-8-4-10(6)3-5/h1-3,8H,4H2,(H,11,12). The van der Waals surface area contributed by atoms with Gasteiger partial charge < -0.3 is 10.0 Å². The molecule has 0 radical (unpaired) electrons. The summed E-state index contributed by atoms with van der Waals surface area (Å²) in [6.07, 6.45) is 4.76. The third-order valence-corrected chi connectivity index (χ3v) is 1.68. The summed E-state index contributed by atoms with van der Waals surface area (Å²) in [4.78, 5) is 12.3. The molecule has 0 aliphatic carbocycles. The first-order chi connectivity index (χ1) is 5.77. The number of hydrogen-bond donors (Lipinski definition) is 2. The first kappa shape index (κ1) is 6.90. The number of carboxylic acid groups (broad SMARTS) is 1. The van der Waals surface area contributed by atoms with E-state index >= 15 is 0 Å². The van der Waals surface area contributed by atoms with Gasteiger partial charge in [-0.1, -0.05) is 0 Å². The summed E-state index contributed by atoms with van der Waals surface area (Å²) in [6.45, 7) is 0.538. The second-order valence-electron chi connectivity index (χ2n) is 2.48. The molecule has 12 heavy (non-hydrogen) atoms. The fourth-order valence-corrected chi connectivity index (χ4v) is 1.08. The van der Waals surface area contributed by atoms with E-state index in [4.69, 9.17) is 5.11 Å². The van der Waals surface area contributed by atoms with Crippen LogP contribution in [0.5, 0.6) is 0 Å². The van der Waals surface area contributed by atoms with Gasteiger partial charge in [0, 0.05) is 6.20 Å². The van der Waals surface area contributed by atoms with Crippen molar-refractivity contribution in [2.24, 2.45) is 5.10 Å². The summed E-state index contributed by atoms with van der Waals surface area (Å²) in [5, 5.41) is 12.6. The molecule has 2 rings (SSSR count). The number of carboxylic acids is 1. The summed E-state index contributed by atoms with van der Waals surface area (Å²) in [7, 11) is 0. The molecule has 0 fully saturated rings. The normalized spacial score (nSPS) is 19.5. The number of hydrazone groups is 1. The van der Waals surface area contributed by atoms with E-state index in [1.165, 1.54) is 6.08 Å². The molecule has 0 bridgehead atoms. The Morgan fingerprint density at radius 3 is 3.25 bits per heavy atom. The van der Waals surface area contributed by atoms with Crippen LogP contribution in [0.15, 0.2) is 29.0 Å². The maximum absolute atomic E-state index is 10.5. The van der Waals surface area contributed by atoms with Crippen LogP contribution in [-0.2, 0) is 4.79 Å². The van der Waals surface area contributed by atoms with Crippen LogP contribution in [0.3, 0.4) is 0 Å². The number of hydrogen-bond acceptors (Lipinski definition) is 4. The first-order valence-corrected chi connectivity index (χ1v) is 3.48. The highest BCUT2D eigenvalue weighted by molar-refractivity contribution is 6.01. The monoisotopic (exact) mass is 165 g/mol. The van der Waals surface area contributed by atoms with E-state index in [1.807, 2.05) is 0 Å². The highest BCUT2D eigenvalue weighted by Gasteiger charge is 2.18. The van der Waals surface area contributed by atoms with Gasteiger partial charge in [0.2, 0.25) is 0 Å². The van der Waals surface area contributed by atoms with Crippen LogP contribution >= 0.6 is 0 Å². The van der Waals surface area contributed by atoms with Gasteiger partial charge in [-0.2, -0.15) is 5.10 Å². The molecular formula is C7H7N3O2. The van der Waals surface area contributed by atoms with Crippen LogP contribution in [0.4, 0.5) is 0 Å². The third-order valence-electron chi connectivity index (χ3n) is 1.68. The van der Waals surface area contributed by atoms with Crippen LogP contribution in [0.2, 0.25) is 0 Å². The topological polar surface area (TPSA) is 64.9 Å². The van der Waals surface area contributed by atoms with E-state index in [0.717, 1.165) is 5.84 Å². The number of carbonyl (C=O) groups is 1. The van der Waals surface area contributed by atoms with Crippen molar-refractivity contribution < 1.29 is 9.90 Å². The van der Waals surface area contributed by atoms with Crippen molar-refractivity contribution in [3.8, 4) is 0 Å². The molecule has 0 aromatic heterocycles. The molecule has 0 aromatic carbocycles. The van der Waals surface area contributed by atoms with Crippen LogP contribution < -0.4 is 5.43 Å². The molecular weight excluding hydrogens is 158 g/mol. The van der Waals surface area contributed by atoms with Crippen LogP contribution in [0.25, 0.3) is 0 Å². The Hall–Kier alpha value is -1.78. The average Bonchev–Trinajstić information content (AvgIpc) is 2.49. The Labute approximate surface area is 68.7 Å². The maximum atomic E-state index is 10.5. The average molecular weight is 165 g/mol. The lowest BCUT2D eigenvalue weighted by Gasteiger charge is -2.15. The molecule has 0 saturated carbocycles. The third kappa shape index (κ3) is 0.952. The second kappa shape index (κ2) is 2.37. The van der Waals surface area contributed by atoms with Gasteiger partial charge in [0.15, 0.2) is 5.84 Å². The van der Waals surface area contributed by atoms with Gasteiger partial charge in [-0.15, -0.1) is 0 Å². The van der Waals surface area contributed by atoms with Crippen molar-refractivity contribution in [3.05, 3.63) is 23.9 Å². The van der Waals surface area contributed by atoms with Gasteiger partial charge in [-0.05, 0) is 12.2 Å². The fourth-order valence-electron chi connectivity index (χ4n) is 1.08. The molecule has 5 nitrogen and oxygen atoms in total. The fraction of sp³-hybridized carbons (Fsp3) is 0.143. The molecule has 0 saturated heterocycles. The van der Waals surface area contributed by atoms with Gasteiger partial charge in [-0.25, -0.2) is 4.79 Å². The first-order valence-electron chi connectivity index (χ1n) is 3.48. The molecule has 2 aliphatic rings. The molecule has 0 atom stereocenters. The van der Waals surface area contributed by atoms with Crippen molar-refractivity contribution in [2.75, 3.05) is 6.67 Å². The van der Waals surface area contributed by atoms with Crippen molar-refractivity contribution in [2.45, 2.75) is 0 Å². The summed E-state index contributed by atoms with van der Waals surface area (Å²) in [5.74, 6) is -0.169. The Balaban J connectivity index is 2.28. The SMILES string of the molecule is O=C(O)C1=CN2CNN=C2C=C1. The molecule has 2 heterocycles. The molecule has 0 spiro atoms. The predicted octanol–water partition coefficient (Wildman–Crippen LogP) is -0.299. The number of nitrogens with one attached hydrogen (secondary N) is 1. The Bertz CT molecular complexity index is 317.